The molecule has 0 bridgehead atoms. The first-order valence-electron chi connectivity index (χ1n) is 5.65. The molecule has 1 aliphatic rings. The van der Waals surface area contributed by atoms with E-state index in [1.165, 1.54) is 0 Å². The third-order valence-electron chi connectivity index (χ3n) is 2.13. The van der Waals surface area contributed by atoms with Gasteiger partial charge < -0.3 is 18.9 Å². The molecular weight excluding hydrogens is 196 g/mol. The first-order chi connectivity index (χ1) is 7.22. The Balaban J connectivity index is 1.89. The van der Waals surface area contributed by atoms with Crippen molar-refractivity contribution in [2.75, 3.05) is 33.0 Å². The number of ether oxygens (including phenoxy) is 4. The second-order valence-electron chi connectivity index (χ2n) is 3.90. The van der Waals surface area contributed by atoms with E-state index in [9.17, 15) is 0 Å². The first kappa shape index (κ1) is 12.9. The Morgan fingerprint density at radius 2 is 1.87 bits per heavy atom. The highest BCUT2D eigenvalue weighted by Gasteiger charge is 2.22. The van der Waals surface area contributed by atoms with Crippen LogP contribution in [-0.4, -0.2) is 51.3 Å². The van der Waals surface area contributed by atoms with E-state index in [4.69, 9.17) is 18.9 Å². The zero-order valence-corrected chi connectivity index (χ0v) is 9.90. The Hall–Kier alpha value is -0.160. The normalized spacial score (nSPS) is 23.8. The third kappa shape index (κ3) is 6.84. The van der Waals surface area contributed by atoms with Crippen molar-refractivity contribution in [2.45, 2.75) is 39.1 Å². The van der Waals surface area contributed by atoms with Crippen molar-refractivity contribution in [3.8, 4) is 0 Å². The van der Waals surface area contributed by atoms with Crippen LogP contribution in [0.15, 0.2) is 0 Å². The van der Waals surface area contributed by atoms with Crippen LogP contribution in [0.4, 0.5) is 0 Å². The lowest BCUT2D eigenvalue weighted by Gasteiger charge is -2.16. The topological polar surface area (TPSA) is 40.2 Å². The molecule has 0 radical (unpaired) electrons. The summed E-state index contributed by atoms with van der Waals surface area (Å²) in [4.78, 5) is 0. The van der Waals surface area contributed by atoms with Gasteiger partial charge in [-0.25, -0.2) is 0 Å². The highest BCUT2D eigenvalue weighted by atomic mass is 16.6. The Bertz CT molecular complexity index is 159. The number of hydrogen-bond donors (Lipinski definition) is 0. The minimum Gasteiger partial charge on any atom is -0.376 e. The van der Waals surface area contributed by atoms with Crippen LogP contribution in [0.2, 0.25) is 0 Å². The van der Waals surface area contributed by atoms with Crippen molar-refractivity contribution in [3.05, 3.63) is 0 Å². The second kappa shape index (κ2) is 7.17. The van der Waals surface area contributed by atoms with Gasteiger partial charge in [0, 0.05) is 6.61 Å². The molecule has 0 aromatic carbocycles. The number of hydrogen-bond acceptors (Lipinski definition) is 4. The summed E-state index contributed by atoms with van der Waals surface area (Å²) in [6.07, 6.45) is 0.607. The number of epoxide rings is 1. The maximum absolute atomic E-state index is 5.57. The van der Waals surface area contributed by atoms with Gasteiger partial charge in [-0.1, -0.05) is 0 Å². The fourth-order valence-corrected chi connectivity index (χ4v) is 1.21. The quantitative estimate of drug-likeness (QED) is 0.546. The zero-order chi connectivity index (χ0) is 11.1. The number of rotatable bonds is 9. The summed E-state index contributed by atoms with van der Waals surface area (Å²) in [6.45, 7) is 9.51. The van der Waals surface area contributed by atoms with Gasteiger partial charge in [0.25, 0.3) is 0 Å². The molecule has 90 valence electrons. The lowest BCUT2D eigenvalue weighted by Crippen LogP contribution is -2.24. The molecular formula is C11H22O4. The SMILES string of the molecule is CCOC(C)COC(C)COCC1CO1. The lowest BCUT2D eigenvalue weighted by molar-refractivity contribution is -0.0559. The minimum atomic E-state index is 0.117. The van der Waals surface area contributed by atoms with Crippen molar-refractivity contribution in [3.63, 3.8) is 0 Å². The van der Waals surface area contributed by atoms with Gasteiger partial charge in [0.1, 0.15) is 6.10 Å². The highest BCUT2D eigenvalue weighted by molar-refractivity contribution is 4.67. The molecule has 3 atom stereocenters. The van der Waals surface area contributed by atoms with E-state index in [-0.39, 0.29) is 12.2 Å². The molecule has 0 N–H and O–H groups in total. The van der Waals surface area contributed by atoms with E-state index in [1.54, 1.807) is 0 Å². The van der Waals surface area contributed by atoms with Crippen LogP contribution in [0, 0.1) is 0 Å². The fourth-order valence-electron chi connectivity index (χ4n) is 1.21. The van der Waals surface area contributed by atoms with E-state index in [0.717, 1.165) is 13.2 Å². The van der Waals surface area contributed by atoms with E-state index in [1.807, 2.05) is 20.8 Å². The van der Waals surface area contributed by atoms with E-state index in [2.05, 4.69) is 0 Å². The monoisotopic (exact) mass is 218 g/mol. The standard InChI is InChI=1S/C11H22O4/c1-4-13-10(3)6-14-9(2)5-12-7-11-8-15-11/h9-11H,4-8H2,1-3H3. The Labute approximate surface area is 91.8 Å². The van der Waals surface area contributed by atoms with E-state index < -0.39 is 0 Å². The van der Waals surface area contributed by atoms with Crippen LogP contribution in [0.25, 0.3) is 0 Å². The van der Waals surface area contributed by atoms with Gasteiger partial charge in [0.2, 0.25) is 0 Å². The molecule has 0 spiro atoms. The summed E-state index contributed by atoms with van der Waals surface area (Å²) in [7, 11) is 0. The molecule has 1 heterocycles. The van der Waals surface area contributed by atoms with Gasteiger partial charge in [-0.05, 0) is 20.8 Å². The fraction of sp³-hybridized carbons (Fsp3) is 1.00. The van der Waals surface area contributed by atoms with Gasteiger partial charge >= 0.3 is 0 Å². The largest absolute Gasteiger partial charge is 0.376 e. The van der Waals surface area contributed by atoms with Crippen molar-refractivity contribution < 1.29 is 18.9 Å². The van der Waals surface area contributed by atoms with Gasteiger partial charge in [-0.15, -0.1) is 0 Å². The maximum Gasteiger partial charge on any atom is 0.104 e. The van der Waals surface area contributed by atoms with E-state index >= 15 is 0 Å². The molecule has 1 aliphatic heterocycles. The summed E-state index contributed by atoms with van der Waals surface area (Å²) in [5, 5.41) is 0. The van der Waals surface area contributed by atoms with Crippen molar-refractivity contribution in [1.82, 2.24) is 0 Å². The third-order valence-corrected chi connectivity index (χ3v) is 2.13. The van der Waals surface area contributed by atoms with Gasteiger partial charge in [-0.2, -0.15) is 0 Å². The molecule has 0 amide bonds. The predicted octanol–water partition coefficient (Wildman–Crippen LogP) is 1.23. The molecule has 1 saturated heterocycles. The minimum absolute atomic E-state index is 0.117. The Morgan fingerprint density at radius 1 is 1.20 bits per heavy atom. The zero-order valence-electron chi connectivity index (χ0n) is 9.90. The molecule has 0 aromatic heterocycles. The van der Waals surface area contributed by atoms with Crippen LogP contribution in [-0.2, 0) is 18.9 Å². The molecule has 0 aliphatic carbocycles. The molecule has 3 unspecified atom stereocenters. The molecule has 15 heavy (non-hydrogen) atoms. The Kier molecular flexibility index (Phi) is 6.17. The summed E-state index contributed by atoms with van der Waals surface area (Å²) in [6, 6.07) is 0. The molecule has 0 aromatic rings. The van der Waals surface area contributed by atoms with Gasteiger partial charge in [-0.3, -0.25) is 0 Å². The molecule has 1 rings (SSSR count). The predicted molar refractivity (Wildman–Crippen MR) is 57.1 cm³/mol. The van der Waals surface area contributed by atoms with Crippen molar-refractivity contribution >= 4 is 0 Å². The smallest absolute Gasteiger partial charge is 0.104 e. The summed E-state index contributed by atoms with van der Waals surface area (Å²) in [5.41, 5.74) is 0. The van der Waals surface area contributed by atoms with Gasteiger partial charge in [0.15, 0.2) is 0 Å². The molecule has 4 heteroatoms. The van der Waals surface area contributed by atoms with Crippen LogP contribution in [0.1, 0.15) is 20.8 Å². The average Bonchev–Trinajstić information content (AvgIpc) is 2.99. The highest BCUT2D eigenvalue weighted by Crippen LogP contribution is 2.08. The summed E-state index contributed by atoms with van der Waals surface area (Å²) in [5.74, 6) is 0. The first-order valence-corrected chi connectivity index (χ1v) is 5.65. The summed E-state index contributed by atoms with van der Waals surface area (Å²) >= 11 is 0. The molecule has 0 saturated carbocycles. The van der Waals surface area contributed by atoms with Crippen LogP contribution < -0.4 is 0 Å². The van der Waals surface area contributed by atoms with E-state index in [0.29, 0.717) is 25.9 Å². The van der Waals surface area contributed by atoms with Crippen molar-refractivity contribution in [2.24, 2.45) is 0 Å². The molecule has 1 fully saturated rings. The maximum atomic E-state index is 5.57. The Morgan fingerprint density at radius 3 is 2.47 bits per heavy atom. The van der Waals surface area contributed by atoms with Crippen LogP contribution in [0.5, 0.6) is 0 Å². The second-order valence-corrected chi connectivity index (χ2v) is 3.90. The molecule has 4 nitrogen and oxygen atoms in total. The lowest BCUT2D eigenvalue weighted by atomic mass is 10.4. The van der Waals surface area contributed by atoms with Gasteiger partial charge in [0.05, 0.1) is 38.6 Å². The average molecular weight is 218 g/mol. The van der Waals surface area contributed by atoms with Crippen molar-refractivity contribution in [1.29, 1.82) is 0 Å². The summed E-state index contributed by atoms with van der Waals surface area (Å²) < 4.78 is 21.4. The van der Waals surface area contributed by atoms with Crippen LogP contribution >= 0.6 is 0 Å². The van der Waals surface area contributed by atoms with Crippen LogP contribution in [0.3, 0.4) is 0 Å².